The molecular weight excluding hydrogens is 246 g/mol. The maximum absolute atomic E-state index is 5.80. The molecule has 4 nitrogen and oxygen atoms in total. The highest BCUT2D eigenvalue weighted by molar-refractivity contribution is 7.07. The highest BCUT2D eigenvalue weighted by atomic mass is 32.1. The minimum absolute atomic E-state index is 0.481. The van der Waals surface area contributed by atoms with Crippen LogP contribution in [0.25, 0.3) is 11.3 Å². The Balaban J connectivity index is 1.84. The molecule has 1 N–H and O–H groups in total. The number of rotatable bonds is 4. The fourth-order valence-corrected chi connectivity index (χ4v) is 2.22. The lowest BCUT2D eigenvalue weighted by molar-refractivity contribution is 0.303. The van der Waals surface area contributed by atoms with E-state index in [9.17, 15) is 0 Å². The first-order chi connectivity index (χ1) is 8.93. The molecule has 0 aliphatic heterocycles. The van der Waals surface area contributed by atoms with Crippen LogP contribution in [-0.2, 0) is 6.61 Å². The topological polar surface area (TPSA) is 50.8 Å². The molecule has 2 heterocycles. The Bertz CT molecular complexity index is 605. The van der Waals surface area contributed by atoms with Gasteiger partial charge in [-0.05, 0) is 12.1 Å². The van der Waals surface area contributed by atoms with E-state index in [0.717, 1.165) is 22.7 Å². The first kappa shape index (κ1) is 11.0. The van der Waals surface area contributed by atoms with Crippen molar-refractivity contribution in [1.82, 2.24) is 15.0 Å². The summed E-state index contributed by atoms with van der Waals surface area (Å²) in [5.41, 5.74) is 4.70. The van der Waals surface area contributed by atoms with Gasteiger partial charge in [0.25, 0.3) is 0 Å². The van der Waals surface area contributed by atoms with Crippen molar-refractivity contribution >= 4 is 11.3 Å². The third kappa shape index (κ3) is 2.26. The van der Waals surface area contributed by atoms with Gasteiger partial charge in [-0.15, -0.1) is 11.3 Å². The zero-order chi connectivity index (χ0) is 12.2. The lowest BCUT2D eigenvalue weighted by Gasteiger charge is -2.08. The van der Waals surface area contributed by atoms with Crippen LogP contribution in [0.4, 0.5) is 0 Å². The van der Waals surface area contributed by atoms with E-state index in [4.69, 9.17) is 4.74 Å². The van der Waals surface area contributed by atoms with Crippen LogP contribution in [-0.4, -0.2) is 15.0 Å². The summed E-state index contributed by atoms with van der Waals surface area (Å²) < 4.78 is 5.80. The standard InChI is InChI=1S/C13H11N3OS/c1-2-4-13(17-6-10-7-18-9-16-10)11(3-1)12-5-14-8-15-12/h1-5,7-9H,6H2,(H,14,15). The molecule has 2 aromatic heterocycles. The van der Waals surface area contributed by atoms with E-state index in [1.807, 2.05) is 29.6 Å². The predicted molar refractivity (Wildman–Crippen MR) is 70.5 cm³/mol. The van der Waals surface area contributed by atoms with Crippen molar-refractivity contribution in [3.63, 3.8) is 0 Å². The molecular formula is C13H11N3OS. The molecule has 0 amide bonds. The van der Waals surface area contributed by atoms with Crippen LogP contribution in [0, 0.1) is 0 Å². The molecule has 0 aliphatic carbocycles. The van der Waals surface area contributed by atoms with Crippen molar-refractivity contribution < 1.29 is 4.74 Å². The first-order valence-electron chi connectivity index (χ1n) is 5.51. The van der Waals surface area contributed by atoms with Crippen LogP contribution in [0.15, 0.2) is 47.7 Å². The van der Waals surface area contributed by atoms with Gasteiger partial charge in [-0.3, -0.25) is 0 Å². The average Bonchev–Trinajstić information content (AvgIpc) is 3.10. The van der Waals surface area contributed by atoms with E-state index in [2.05, 4.69) is 15.0 Å². The predicted octanol–water partition coefficient (Wildman–Crippen LogP) is 3.11. The first-order valence-corrected chi connectivity index (χ1v) is 6.45. The van der Waals surface area contributed by atoms with Crippen molar-refractivity contribution in [1.29, 1.82) is 0 Å². The summed E-state index contributed by atoms with van der Waals surface area (Å²) in [7, 11) is 0. The second kappa shape index (κ2) is 5.01. The molecule has 0 radical (unpaired) electrons. The molecule has 1 aromatic carbocycles. The third-order valence-corrected chi connectivity index (χ3v) is 3.17. The van der Waals surface area contributed by atoms with Crippen LogP contribution in [0.2, 0.25) is 0 Å². The lowest BCUT2D eigenvalue weighted by atomic mass is 10.1. The van der Waals surface area contributed by atoms with Gasteiger partial charge in [0.15, 0.2) is 0 Å². The van der Waals surface area contributed by atoms with E-state index in [0.29, 0.717) is 6.61 Å². The monoisotopic (exact) mass is 257 g/mol. The number of hydrogen-bond acceptors (Lipinski definition) is 4. The molecule has 18 heavy (non-hydrogen) atoms. The Kier molecular flexibility index (Phi) is 3.06. The fourth-order valence-electron chi connectivity index (χ4n) is 1.68. The summed E-state index contributed by atoms with van der Waals surface area (Å²) in [6.45, 7) is 0.481. The zero-order valence-electron chi connectivity index (χ0n) is 9.54. The Labute approximate surface area is 108 Å². The molecule has 0 unspecified atom stereocenters. The zero-order valence-corrected chi connectivity index (χ0v) is 10.4. The number of thiazole rings is 1. The SMILES string of the molecule is c1ccc(-c2cnc[nH]2)c(OCc2cscn2)c1. The molecule has 0 saturated carbocycles. The van der Waals surface area contributed by atoms with E-state index in [-0.39, 0.29) is 0 Å². The molecule has 3 aromatic rings. The minimum Gasteiger partial charge on any atom is -0.487 e. The number of aromatic amines is 1. The van der Waals surface area contributed by atoms with E-state index in [1.54, 1.807) is 29.4 Å². The minimum atomic E-state index is 0.481. The van der Waals surface area contributed by atoms with E-state index >= 15 is 0 Å². The Morgan fingerprint density at radius 2 is 2.22 bits per heavy atom. The van der Waals surface area contributed by atoms with Crippen molar-refractivity contribution in [3.8, 4) is 17.0 Å². The smallest absolute Gasteiger partial charge is 0.131 e. The third-order valence-electron chi connectivity index (χ3n) is 2.53. The summed E-state index contributed by atoms with van der Waals surface area (Å²) >= 11 is 1.57. The van der Waals surface area contributed by atoms with Gasteiger partial charge >= 0.3 is 0 Å². The second-order valence-corrected chi connectivity index (χ2v) is 4.45. The largest absolute Gasteiger partial charge is 0.487 e. The van der Waals surface area contributed by atoms with Crippen LogP contribution >= 0.6 is 11.3 Å². The lowest BCUT2D eigenvalue weighted by Crippen LogP contribution is -1.97. The summed E-state index contributed by atoms with van der Waals surface area (Å²) in [6.07, 6.45) is 3.44. The number of aromatic nitrogens is 3. The molecule has 5 heteroatoms. The number of para-hydroxylation sites is 1. The van der Waals surface area contributed by atoms with Gasteiger partial charge in [0.2, 0.25) is 0 Å². The molecule has 3 rings (SSSR count). The number of nitrogens with one attached hydrogen (secondary N) is 1. The van der Waals surface area contributed by atoms with Gasteiger partial charge in [0.1, 0.15) is 12.4 Å². The maximum Gasteiger partial charge on any atom is 0.131 e. The quantitative estimate of drug-likeness (QED) is 0.781. The molecule has 90 valence electrons. The maximum atomic E-state index is 5.80. The van der Waals surface area contributed by atoms with Gasteiger partial charge in [0.05, 0.1) is 29.4 Å². The number of nitrogens with zero attached hydrogens (tertiary/aromatic N) is 2. The number of ether oxygens (including phenoxy) is 1. The van der Waals surface area contributed by atoms with Crippen LogP contribution < -0.4 is 4.74 Å². The van der Waals surface area contributed by atoms with Crippen LogP contribution in [0.5, 0.6) is 5.75 Å². The highest BCUT2D eigenvalue weighted by Crippen LogP contribution is 2.28. The number of imidazole rings is 1. The van der Waals surface area contributed by atoms with Gasteiger partial charge in [-0.1, -0.05) is 12.1 Å². The van der Waals surface area contributed by atoms with Crippen molar-refractivity contribution in [2.45, 2.75) is 6.61 Å². The van der Waals surface area contributed by atoms with Gasteiger partial charge in [-0.2, -0.15) is 0 Å². The number of benzene rings is 1. The highest BCUT2D eigenvalue weighted by Gasteiger charge is 2.07. The fraction of sp³-hybridized carbons (Fsp3) is 0.0769. The summed E-state index contributed by atoms with van der Waals surface area (Å²) in [4.78, 5) is 11.3. The van der Waals surface area contributed by atoms with Gasteiger partial charge in [0, 0.05) is 10.9 Å². The van der Waals surface area contributed by atoms with Crippen molar-refractivity contribution in [3.05, 3.63) is 53.4 Å². The van der Waals surface area contributed by atoms with Gasteiger partial charge in [-0.25, -0.2) is 9.97 Å². The van der Waals surface area contributed by atoms with Crippen molar-refractivity contribution in [2.24, 2.45) is 0 Å². The molecule has 0 bridgehead atoms. The molecule has 0 atom stereocenters. The second-order valence-electron chi connectivity index (χ2n) is 3.73. The number of H-pyrrole nitrogens is 1. The molecule has 0 saturated heterocycles. The average molecular weight is 257 g/mol. The summed E-state index contributed by atoms with van der Waals surface area (Å²) in [5.74, 6) is 0.828. The van der Waals surface area contributed by atoms with Crippen LogP contribution in [0.1, 0.15) is 5.69 Å². The van der Waals surface area contributed by atoms with Gasteiger partial charge < -0.3 is 9.72 Å². The normalized spacial score (nSPS) is 10.4. The Hall–Kier alpha value is -2.14. The molecule has 0 fully saturated rings. The van der Waals surface area contributed by atoms with Crippen LogP contribution in [0.3, 0.4) is 0 Å². The number of hydrogen-bond donors (Lipinski definition) is 1. The van der Waals surface area contributed by atoms with Crippen molar-refractivity contribution in [2.75, 3.05) is 0 Å². The Morgan fingerprint density at radius 1 is 1.28 bits per heavy atom. The molecule has 0 aliphatic rings. The molecule has 0 spiro atoms. The summed E-state index contributed by atoms with van der Waals surface area (Å²) in [6, 6.07) is 7.88. The van der Waals surface area contributed by atoms with E-state index in [1.165, 1.54) is 0 Å². The van der Waals surface area contributed by atoms with E-state index < -0.39 is 0 Å². The summed E-state index contributed by atoms with van der Waals surface area (Å²) in [5, 5.41) is 1.98. The Morgan fingerprint density at radius 3 is 3.00 bits per heavy atom.